The minimum Gasteiger partial charge on any atom is -0.497 e. The van der Waals surface area contributed by atoms with Crippen molar-refractivity contribution in [2.75, 3.05) is 38.6 Å². The number of ether oxygens (including phenoxy) is 1. The molecule has 2 amide bonds. The van der Waals surface area contributed by atoms with Crippen molar-refractivity contribution in [2.45, 2.75) is 6.54 Å². The maximum absolute atomic E-state index is 12.6. The van der Waals surface area contributed by atoms with E-state index < -0.39 is 0 Å². The van der Waals surface area contributed by atoms with Gasteiger partial charge in [0.2, 0.25) is 0 Å². The van der Waals surface area contributed by atoms with Gasteiger partial charge in [-0.3, -0.25) is 4.90 Å². The van der Waals surface area contributed by atoms with E-state index in [1.807, 2.05) is 24.3 Å². The number of hydrogen-bond acceptors (Lipinski definition) is 6. The number of methoxy groups -OCH3 is 1. The van der Waals surface area contributed by atoms with Crippen LogP contribution in [0, 0.1) is 0 Å². The molecule has 0 aliphatic carbocycles. The number of carbonyl (C=O) groups excluding carboxylic acids is 1. The van der Waals surface area contributed by atoms with Crippen molar-refractivity contribution < 1.29 is 9.53 Å². The molecule has 0 bridgehead atoms. The van der Waals surface area contributed by atoms with Crippen LogP contribution in [0.2, 0.25) is 10.0 Å². The van der Waals surface area contributed by atoms with Crippen LogP contribution >= 0.6 is 23.2 Å². The molecular formula is C20H21Cl2N7O2. The molecule has 0 saturated carbocycles. The lowest BCUT2D eigenvalue weighted by Crippen LogP contribution is -2.49. The summed E-state index contributed by atoms with van der Waals surface area (Å²) in [6.07, 6.45) is 0. The van der Waals surface area contributed by atoms with Gasteiger partial charge in [0.15, 0.2) is 5.82 Å². The van der Waals surface area contributed by atoms with Crippen LogP contribution in [0.15, 0.2) is 42.5 Å². The number of nitrogens with zero attached hydrogens (tertiary/aromatic N) is 6. The predicted molar refractivity (Wildman–Crippen MR) is 118 cm³/mol. The zero-order chi connectivity index (χ0) is 21.8. The lowest BCUT2D eigenvalue weighted by atomic mass is 10.3. The van der Waals surface area contributed by atoms with Crippen molar-refractivity contribution in [1.82, 2.24) is 30.0 Å². The first kappa shape index (κ1) is 21.4. The fourth-order valence-corrected chi connectivity index (χ4v) is 3.61. The molecular weight excluding hydrogens is 441 g/mol. The molecule has 31 heavy (non-hydrogen) atoms. The number of carbonyl (C=O) groups is 1. The smallest absolute Gasteiger partial charge is 0.321 e. The summed E-state index contributed by atoms with van der Waals surface area (Å²) in [6.45, 7) is 3.20. The Morgan fingerprint density at radius 2 is 1.81 bits per heavy atom. The van der Waals surface area contributed by atoms with E-state index in [9.17, 15) is 4.79 Å². The third kappa shape index (κ3) is 5.07. The van der Waals surface area contributed by atoms with Gasteiger partial charge < -0.3 is 15.0 Å². The zero-order valence-corrected chi connectivity index (χ0v) is 18.3. The van der Waals surface area contributed by atoms with Gasteiger partial charge in [-0.1, -0.05) is 23.2 Å². The zero-order valence-electron chi connectivity index (χ0n) is 16.8. The maximum Gasteiger partial charge on any atom is 0.321 e. The Labute approximate surface area is 189 Å². The van der Waals surface area contributed by atoms with Gasteiger partial charge in [0.05, 0.1) is 29.4 Å². The molecule has 0 atom stereocenters. The summed E-state index contributed by atoms with van der Waals surface area (Å²) in [6, 6.07) is 12.4. The first-order valence-electron chi connectivity index (χ1n) is 9.68. The highest BCUT2D eigenvalue weighted by Gasteiger charge is 2.23. The summed E-state index contributed by atoms with van der Waals surface area (Å²) in [5.41, 5.74) is 1.47. The van der Waals surface area contributed by atoms with Gasteiger partial charge in [-0.25, -0.2) is 4.79 Å². The quantitative estimate of drug-likeness (QED) is 0.626. The van der Waals surface area contributed by atoms with E-state index in [1.165, 1.54) is 0 Å². The van der Waals surface area contributed by atoms with Gasteiger partial charge in [-0.2, -0.15) is 4.68 Å². The fraction of sp³-hybridized carbons (Fsp3) is 0.300. The van der Waals surface area contributed by atoms with Crippen molar-refractivity contribution in [3.63, 3.8) is 0 Å². The van der Waals surface area contributed by atoms with E-state index >= 15 is 0 Å². The van der Waals surface area contributed by atoms with Crippen molar-refractivity contribution in [3.8, 4) is 11.4 Å². The monoisotopic (exact) mass is 461 g/mol. The molecule has 1 aliphatic rings. The molecule has 162 valence electrons. The van der Waals surface area contributed by atoms with Gasteiger partial charge in [-0.05, 0) is 52.9 Å². The van der Waals surface area contributed by atoms with Gasteiger partial charge in [0.25, 0.3) is 0 Å². The van der Waals surface area contributed by atoms with Crippen LogP contribution in [-0.2, 0) is 6.54 Å². The Balaban J connectivity index is 1.33. The molecule has 2 aromatic carbocycles. The average molecular weight is 462 g/mol. The Bertz CT molecular complexity index is 1050. The number of anilines is 1. The van der Waals surface area contributed by atoms with Gasteiger partial charge in [0.1, 0.15) is 5.75 Å². The normalized spacial score (nSPS) is 14.5. The summed E-state index contributed by atoms with van der Waals surface area (Å²) in [5, 5.41) is 15.8. The van der Waals surface area contributed by atoms with E-state index in [0.29, 0.717) is 48.5 Å². The third-order valence-corrected chi connectivity index (χ3v) is 5.79. The first-order chi connectivity index (χ1) is 15.0. The topological polar surface area (TPSA) is 88.4 Å². The van der Waals surface area contributed by atoms with E-state index in [1.54, 1.807) is 34.9 Å². The predicted octanol–water partition coefficient (Wildman–Crippen LogP) is 3.33. The summed E-state index contributed by atoms with van der Waals surface area (Å²) >= 11 is 11.9. The van der Waals surface area contributed by atoms with Crippen molar-refractivity contribution in [1.29, 1.82) is 0 Å². The molecule has 9 nitrogen and oxygen atoms in total. The number of piperazine rings is 1. The highest BCUT2D eigenvalue weighted by molar-refractivity contribution is 6.42. The second kappa shape index (κ2) is 9.51. The van der Waals surface area contributed by atoms with Crippen LogP contribution in [0.25, 0.3) is 5.69 Å². The number of hydrogen-bond donors (Lipinski definition) is 1. The molecule has 3 aromatic rings. The fourth-order valence-electron chi connectivity index (χ4n) is 3.31. The maximum atomic E-state index is 12.6. The second-order valence-corrected chi connectivity index (χ2v) is 7.84. The summed E-state index contributed by atoms with van der Waals surface area (Å²) < 4.78 is 6.91. The van der Waals surface area contributed by atoms with E-state index in [0.717, 1.165) is 17.3 Å². The molecule has 11 heteroatoms. The van der Waals surface area contributed by atoms with Crippen LogP contribution in [-0.4, -0.2) is 69.3 Å². The molecule has 0 unspecified atom stereocenters. The Morgan fingerprint density at radius 1 is 1.06 bits per heavy atom. The number of aromatic nitrogens is 4. The summed E-state index contributed by atoms with van der Waals surface area (Å²) in [5.74, 6) is 1.51. The Morgan fingerprint density at radius 3 is 2.48 bits per heavy atom. The molecule has 1 saturated heterocycles. The third-order valence-electron chi connectivity index (χ3n) is 5.05. The molecule has 1 fully saturated rings. The molecule has 1 N–H and O–H groups in total. The largest absolute Gasteiger partial charge is 0.497 e. The molecule has 0 radical (unpaired) electrons. The number of benzene rings is 2. The second-order valence-electron chi connectivity index (χ2n) is 7.03. The lowest BCUT2D eigenvalue weighted by molar-refractivity contribution is 0.140. The lowest BCUT2D eigenvalue weighted by Gasteiger charge is -2.34. The molecule has 4 rings (SSSR count). The van der Waals surface area contributed by atoms with Crippen LogP contribution < -0.4 is 10.1 Å². The van der Waals surface area contributed by atoms with Crippen LogP contribution in [0.1, 0.15) is 5.82 Å². The molecule has 0 spiro atoms. The number of amides is 2. The number of halogens is 2. The standard InChI is InChI=1S/C20H21Cl2N7O2/c1-31-16-5-3-15(4-6-16)29-19(24-25-26-29)13-27-8-10-28(11-9-27)20(30)23-14-2-7-17(21)18(22)12-14/h2-7,12H,8-11,13H2,1H3,(H,23,30). The molecule has 1 aromatic heterocycles. The summed E-state index contributed by atoms with van der Waals surface area (Å²) in [7, 11) is 1.63. The minimum absolute atomic E-state index is 0.166. The average Bonchev–Trinajstić information content (AvgIpc) is 3.25. The van der Waals surface area contributed by atoms with E-state index in [2.05, 4.69) is 25.7 Å². The molecule has 2 heterocycles. The van der Waals surface area contributed by atoms with Gasteiger partial charge in [0, 0.05) is 31.9 Å². The highest BCUT2D eigenvalue weighted by atomic mass is 35.5. The van der Waals surface area contributed by atoms with Gasteiger partial charge >= 0.3 is 6.03 Å². The van der Waals surface area contributed by atoms with Crippen molar-refractivity contribution in [3.05, 3.63) is 58.3 Å². The number of tetrazole rings is 1. The summed E-state index contributed by atoms with van der Waals surface area (Å²) in [4.78, 5) is 16.5. The first-order valence-corrected chi connectivity index (χ1v) is 10.4. The Kier molecular flexibility index (Phi) is 6.55. The van der Waals surface area contributed by atoms with E-state index in [-0.39, 0.29) is 6.03 Å². The van der Waals surface area contributed by atoms with E-state index in [4.69, 9.17) is 27.9 Å². The Hall–Kier alpha value is -2.88. The van der Waals surface area contributed by atoms with Crippen LogP contribution in [0.4, 0.5) is 10.5 Å². The van der Waals surface area contributed by atoms with Crippen molar-refractivity contribution in [2.24, 2.45) is 0 Å². The number of urea groups is 1. The van der Waals surface area contributed by atoms with Crippen LogP contribution in [0.5, 0.6) is 5.75 Å². The molecule has 1 aliphatic heterocycles. The highest BCUT2D eigenvalue weighted by Crippen LogP contribution is 2.25. The number of rotatable bonds is 5. The van der Waals surface area contributed by atoms with Gasteiger partial charge in [-0.15, -0.1) is 5.10 Å². The SMILES string of the molecule is COc1ccc(-n2nnnc2CN2CCN(C(=O)Nc3ccc(Cl)c(Cl)c3)CC2)cc1. The number of nitrogens with one attached hydrogen (secondary N) is 1. The minimum atomic E-state index is -0.166. The van der Waals surface area contributed by atoms with Crippen molar-refractivity contribution >= 4 is 34.9 Å². The van der Waals surface area contributed by atoms with Crippen LogP contribution in [0.3, 0.4) is 0 Å².